The quantitative estimate of drug-likeness (QED) is 0.457. The molecule has 15 heavy (non-hydrogen) atoms. The molecule has 4 heteroatoms. The van der Waals surface area contributed by atoms with Crippen molar-refractivity contribution in [2.45, 2.75) is 57.8 Å². The van der Waals surface area contributed by atoms with Crippen LogP contribution in [0.2, 0.25) is 0 Å². The largest absolute Gasteiger partial charge is 0.376 e. The summed E-state index contributed by atoms with van der Waals surface area (Å²) >= 11 is 4.19. The van der Waals surface area contributed by atoms with E-state index < -0.39 is 0 Å². The highest BCUT2D eigenvalue weighted by Crippen LogP contribution is 2.26. The molecule has 0 heterocycles. The van der Waals surface area contributed by atoms with Gasteiger partial charge in [0, 0.05) is 6.04 Å². The van der Waals surface area contributed by atoms with Gasteiger partial charge in [0.2, 0.25) is 0 Å². The lowest BCUT2D eigenvalue weighted by Gasteiger charge is -2.34. The van der Waals surface area contributed by atoms with E-state index in [1.807, 2.05) is 0 Å². The predicted octanol–water partition coefficient (Wildman–Crippen LogP) is 3.19. The number of ether oxygens (including phenoxy) is 1. The van der Waals surface area contributed by atoms with Crippen LogP contribution in [0.1, 0.15) is 39.5 Å². The fraction of sp³-hybridized carbons (Fsp3) is 1.00. The monoisotopic (exact) mass is 249 g/mol. The third-order valence-corrected chi connectivity index (χ3v) is 3.86. The van der Waals surface area contributed by atoms with Crippen LogP contribution in [-0.4, -0.2) is 36.1 Å². The molecule has 1 rings (SSSR count). The molecule has 0 aromatic heterocycles. The van der Waals surface area contributed by atoms with Crippen molar-refractivity contribution in [2.75, 3.05) is 12.9 Å². The van der Waals surface area contributed by atoms with Crippen molar-refractivity contribution in [2.24, 2.45) is 0 Å². The van der Waals surface area contributed by atoms with E-state index in [2.05, 4.69) is 37.5 Å². The Hall–Kier alpha value is 0.620. The van der Waals surface area contributed by atoms with E-state index in [-0.39, 0.29) is 0 Å². The van der Waals surface area contributed by atoms with Gasteiger partial charge in [-0.15, -0.1) is 11.7 Å². The molecule has 0 bridgehead atoms. The van der Waals surface area contributed by atoms with Gasteiger partial charge in [-0.25, -0.2) is 0 Å². The van der Waals surface area contributed by atoms with Gasteiger partial charge < -0.3 is 4.74 Å². The summed E-state index contributed by atoms with van der Waals surface area (Å²) in [6.45, 7) is 4.24. The van der Waals surface area contributed by atoms with Gasteiger partial charge in [0.25, 0.3) is 0 Å². The van der Waals surface area contributed by atoms with E-state index in [0.29, 0.717) is 12.2 Å². The average molecular weight is 249 g/mol. The topological polar surface area (TPSA) is 12.5 Å². The van der Waals surface area contributed by atoms with Crippen LogP contribution in [0.5, 0.6) is 0 Å². The molecule has 0 saturated heterocycles. The molecule has 0 unspecified atom stereocenters. The molecule has 0 N–H and O–H groups in total. The Labute approximate surface area is 103 Å². The van der Waals surface area contributed by atoms with Crippen molar-refractivity contribution in [3.8, 4) is 0 Å². The van der Waals surface area contributed by atoms with Crippen LogP contribution in [0.25, 0.3) is 0 Å². The van der Waals surface area contributed by atoms with Gasteiger partial charge >= 0.3 is 0 Å². The van der Waals surface area contributed by atoms with Crippen LogP contribution < -0.4 is 0 Å². The second-order valence-electron chi connectivity index (χ2n) is 4.63. The van der Waals surface area contributed by atoms with E-state index in [1.165, 1.54) is 25.7 Å². The van der Waals surface area contributed by atoms with Crippen LogP contribution in [0.3, 0.4) is 0 Å². The lowest BCUT2D eigenvalue weighted by molar-refractivity contribution is -0.0228. The molecule has 2 nitrogen and oxygen atoms in total. The van der Waals surface area contributed by atoms with E-state index in [9.17, 15) is 0 Å². The third kappa shape index (κ3) is 4.98. The zero-order valence-corrected chi connectivity index (χ0v) is 11.7. The van der Waals surface area contributed by atoms with Crippen molar-refractivity contribution in [3.63, 3.8) is 0 Å². The lowest BCUT2D eigenvalue weighted by Crippen LogP contribution is -2.37. The number of rotatable bonds is 5. The van der Waals surface area contributed by atoms with Gasteiger partial charge in [-0.05, 0) is 46.6 Å². The van der Waals surface area contributed by atoms with Crippen LogP contribution in [0.4, 0.5) is 0 Å². The molecular formula is C11H23NOS2. The Morgan fingerprint density at radius 1 is 1.33 bits per heavy atom. The Morgan fingerprint density at radius 2 is 1.93 bits per heavy atom. The first-order chi connectivity index (χ1) is 7.13. The zero-order valence-electron chi connectivity index (χ0n) is 9.98. The minimum absolute atomic E-state index is 0.372. The minimum atomic E-state index is 0.372. The molecule has 1 aliphatic carbocycles. The number of thiol groups is 1. The van der Waals surface area contributed by atoms with Crippen molar-refractivity contribution in [1.29, 1.82) is 0 Å². The fourth-order valence-corrected chi connectivity index (χ4v) is 3.14. The normalized spacial score (nSPS) is 27.6. The molecule has 0 radical (unpaired) electrons. The van der Waals surface area contributed by atoms with Crippen molar-refractivity contribution in [3.05, 3.63) is 0 Å². The molecule has 0 amide bonds. The summed E-state index contributed by atoms with van der Waals surface area (Å²) < 4.78 is 5.84. The SMILES string of the molecule is CC(C)OC1CCC(N(C)CSS)CC1. The van der Waals surface area contributed by atoms with Crippen molar-refractivity contribution in [1.82, 2.24) is 4.90 Å². The first-order valence-electron chi connectivity index (χ1n) is 5.75. The zero-order chi connectivity index (χ0) is 11.3. The molecule has 1 saturated carbocycles. The molecule has 0 aromatic rings. The molecule has 0 aliphatic heterocycles. The lowest BCUT2D eigenvalue weighted by atomic mass is 9.92. The highest BCUT2D eigenvalue weighted by Gasteiger charge is 2.24. The predicted molar refractivity (Wildman–Crippen MR) is 71.5 cm³/mol. The molecule has 1 fully saturated rings. The summed E-state index contributed by atoms with van der Waals surface area (Å²) in [5.41, 5.74) is 0. The number of hydrogen-bond donors (Lipinski definition) is 1. The molecular weight excluding hydrogens is 226 g/mol. The van der Waals surface area contributed by atoms with E-state index in [1.54, 1.807) is 10.8 Å². The van der Waals surface area contributed by atoms with Crippen molar-refractivity contribution >= 4 is 22.5 Å². The van der Waals surface area contributed by atoms with Gasteiger partial charge in [0.1, 0.15) is 0 Å². The third-order valence-electron chi connectivity index (χ3n) is 2.99. The maximum atomic E-state index is 5.84. The Balaban J connectivity index is 2.23. The van der Waals surface area contributed by atoms with E-state index in [4.69, 9.17) is 4.74 Å². The molecule has 90 valence electrons. The summed E-state index contributed by atoms with van der Waals surface area (Å²) in [5.74, 6) is 1.02. The van der Waals surface area contributed by atoms with E-state index in [0.717, 1.165) is 11.9 Å². The average Bonchev–Trinajstić information content (AvgIpc) is 2.18. The molecule has 0 atom stereocenters. The van der Waals surface area contributed by atoms with Crippen LogP contribution in [0, 0.1) is 0 Å². The second-order valence-corrected chi connectivity index (χ2v) is 5.92. The smallest absolute Gasteiger partial charge is 0.0579 e. The molecule has 1 aliphatic rings. The van der Waals surface area contributed by atoms with Gasteiger partial charge in [0.05, 0.1) is 18.1 Å². The number of nitrogens with zero attached hydrogens (tertiary/aromatic N) is 1. The Bertz CT molecular complexity index is 170. The first kappa shape index (κ1) is 13.7. The summed E-state index contributed by atoms with van der Waals surface area (Å²) in [6, 6.07) is 0.733. The van der Waals surface area contributed by atoms with Gasteiger partial charge in [-0.1, -0.05) is 10.8 Å². The van der Waals surface area contributed by atoms with Crippen LogP contribution >= 0.6 is 22.5 Å². The van der Waals surface area contributed by atoms with Crippen LogP contribution in [-0.2, 0) is 4.74 Å². The maximum absolute atomic E-state index is 5.84. The summed E-state index contributed by atoms with van der Waals surface area (Å²) in [7, 11) is 3.80. The van der Waals surface area contributed by atoms with Gasteiger partial charge in [0.15, 0.2) is 0 Å². The molecule has 0 spiro atoms. The first-order valence-corrected chi connectivity index (χ1v) is 7.79. The van der Waals surface area contributed by atoms with Gasteiger partial charge in [-0.2, -0.15) is 0 Å². The highest BCUT2D eigenvalue weighted by molar-refractivity contribution is 8.68. The highest BCUT2D eigenvalue weighted by atomic mass is 33.1. The maximum Gasteiger partial charge on any atom is 0.0579 e. The minimum Gasteiger partial charge on any atom is -0.376 e. The van der Waals surface area contributed by atoms with Crippen molar-refractivity contribution < 1.29 is 4.74 Å². The standard InChI is InChI=1S/C11H23NOS2/c1-9(2)13-11-6-4-10(5-7-11)12(3)8-15-14/h9-11,14H,4-8H2,1-3H3. The summed E-state index contributed by atoms with van der Waals surface area (Å²) in [6.07, 6.45) is 5.83. The van der Waals surface area contributed by atoms with E-state index >= 15 is 0 Å². The fourth-order valence-electron chi connectivity index (χ4n) is 2.20. The second kappa shape index (κ2) is 7.05. The van der Waals surface area contributed by atoms with Gasteiger partial charge in [-0.3, -0.25) is 4.90 Å². The summed E-state index contributed by atoms with van der Waals surface area (Å²) in [5, 5.41) is 0. The van der Waals surface area contributed by atoms with Crippen LogP contribution in [0.15, 0.2) is 0 Å². The Morgan fingerprint density at radius 3 is 2.40 bits per heavy atom. The molecule has 0 aromatic carbocycles. The summed E-state index contributed by atoms with van der Waals surface area (Å²) in [4.78, 5) is 2.41. The Kier molecular flexibility index (Phi) is 6.43. The number of hydrogen-bond acceptors (Lipinski definition) is 4.